The molecule has 0 bridgehead atoms. The summed E-state index contributed by atoms with van der Waals surface area (Å²) < 4.78 is 10.7. The molecular weight excluding hydrogens is 210 g/mol. The Balaban J connectivity index is 2.08. The molecule has 2 N–H and O–H groups in total. The van der Waals surface area contributed by atoms with E-state index in [2.05, 4.69) is 5.32 Å². The topological polar surface area (TPSA) is 67.8 Å². The predicted molar refractivity (Wildman–Crippen MR) is 57.8 cm³/mol. The highest BCUT2D eigenvalue weighted by molar-refractivity contribution is 5.80. The molecule has 0 radical (unpaired) electrons. The van der Waals surface area contributed by atoms with Crippen molar-refractivity contribution in [2.24, 2.45) is 0 Å². The van der Waals surface area contributed by atoms with Crippen LogP contribution in [-0.4, -0.2) is 24.3 Å². The number of hydrogen-bond donors (Lipinski definition) is 2. The van der Waals surface area contributed by atoms with Gasteiger partial charge in [0.2, 0.25) is 0 Å². The lowest BCUT2D eigenvalue weighted by Gasteiger charge is -2.18. The van der Waals surface area contributed by atoms with Crippen molar-refractivity contribution in [2.75, 3.05) is 18.5 Å². The molecule has 0 unspecified atom stereocenters. The number of benzene rings is 1. The zero-order chi connectivity index (χ0) is 11.4. The summed E-state index contributed by atoms with van der Waals surface area (Å²) in [7, 11) is 0. The van der Waals surface area contributed by atoms with Crippen LogP contribution in [0.5, 0.6) is 11.5 Å². The molecule has 1 aliphatic heterocycles. The van der Waals surface area contributed by atoms with Crippen LogP contribution in [0.25, 0.3) is 0 Å². The number of carbonyl (C=O) groups is 1. The molecule has 84 valence electrons. The highest BCUT2D eigenvalue weighted by Crippen LogP contribution is 2.32. The molecule has 5 nitrogen and oxygen atoms in total. The third kappa shape index (κ3) is 2.44. The van der Waals surface area contributed by atoms with Crippen LogP contribution in [0.1, 0.15) is 0 Å². The Kier molecular flexibility index (Phi) is 2.95. The van der Waals surface area contributed by atoms with Gasteiger partial charge in [-0.3, -0.25) is 0 Å². The first-order chi connectivity index (χ1) is 7.75. The molecule has 0 spiro atoms. The number of carboxylic acids is 1. The van der Waals surface area contributed by atoms with Gasteiger partial charge in [-0.15, -0.1) is 0 Å². The SMILES string of the molecule is O=C(O)/C=C/Nc1ccc2c(c1)OCCO2. The van der Waals surface area contributed by atoms with Crippen LogP contribution in [0.2, 0.25) is 0 Å². The maximum absolute atomic E-state index is 10.3. The average Bonchev–Trinajstić information content (AvgIpc) is 2.28. The van der Waals surface area contributed by atoms with Crippen LogP contribution in [-0.2, 0) is 4.79 Å². The number of ether oxygens (including phenoxy) is 2. The Morgan fingerprint density at radius 2 is 2.06 bits per heavy atom. The van der Waals surface area contributed by atoms with E-state index in [0.29, 0.717) is 24.7 Å². The number of rotatable bonds is 3. The molecule has 0 aromatic heterocycles. The second-order valence-corrected chi connectivity index (χ2v) is 3.17. The zero-order valence-corrected chi connectivity index (χ0v) is 8.47. The van der Waals surface area contributed by atoms with E-state index in [0.717, 1.165) is 11.8 Å². The second kappa shape index (κ2) is 4.57. The first-order valence-electron chi connectivity index (χ1n) is 4.81. The minimum Gasteiger partial charge on any atom is -0.486 e. The van der Waals surface area contributed by atoms with Crippen molar-refractivity contribution in [1.82, 2.24) is 0 Å². The molecule has 16 heavy (non-hydrogen) atoms. The fourth-order valence-corrected chi connectivity index (χ4v) is 1.34. The van der Waals surface area contributed by atoms with Crippen molar-refractivity contribution in [3.05, 3.63) is 30.5 Å². The molecule has 1 aromatic carbocycles. The van der Waals surface area contributed by atoms with Crippen LogP contribution in [0, 0.1) is 0 Å². The molecule has 0 atom stereocenters. The molecule has 0 aliphatic carbocycles. The Morgan fingerprint density at radius 3 is 2.81 bits per heavy atom. The lowest BCUT2D eigenvalue weighted by atomic mass is 10.2. The minimum atomic E-state index is -0.995. The first kappa shape index (κ1) is 10.4. The average molecular weight is 221 g/mol. The molecule has 0 fully saturated rings. The van der Waals surface area contributed by atoms with Gasteiger partial charge in [0.05, 0.1) is 0 Å². The Hall–Kier alpha value is -2.17. The third-order valence-corrected chi connectivity index (χ3v) is 2.02. The third-order valence-electron chi connectivity index (χ3n) is 2.02. The van der Waals surface area contributed by atoms with Crippen molar-refractivity contribution in [3.8, 4) is 11.5 Å². The van der Waals surface area contributed by atoms with Gasteiger partial charge in [0, 0.05) is 24.0 Å². The predicted octanol–water partition coefficient (Wildman–Crippen LogP) is 1.47. The Morgan fingerprint density at radius 1 is 1.31 bits per heavy atom. The van der Waals surface area contributed by atoms with Gasteiger partial charge in [-0.05, 0) is 12.1 Å². The Bertz CT molecular complexity index is 428. The van der Waals surface area contributed by atoms with Gasteiger partial charge in [0.15, 0.2) is 11.5 Å². The molecule has 1 heterocycles. The van der Waals surface area contributed by atoms with Crippen LogP contribution < -0.4 is 14.8 Å². The monoisotopic (exact) mass is 221 g/mol. The summed E-state index contributed by atoms with van der Waals surface area (Å²) >= 11 is 0. The molecular formula is C11H11NO4. The van der Waals surface area contributed by atoms with Crippen LogP contribution in [0.4, 0.5) is 5.69 Å². The van der Waals surface area contributed by atoms with E-state index in [9.17, 15) is 4.79 Å². The maximum atomic E-state index is 10.3. The molecule has 0 saturated heterocycles. The lowest BCUT2D eigenvalue weighted by molar-refractivity contribution is -0.131. The van der Waals surface area contributed by atoms with E-state index in [1.54, 1.807) is 18.2 Å². The van der Waals surface area contributed by atoms with Gasteiger partial charge < -0.3 is 19.9 Å². The van der Waals surface area contributed by atoms with Crippen molar-refractivity contribution < 1.29 is 19.4 Å². The summed E-state index contributed by atoms with van der Waals surface area (Å²) in [6.45, 7) is 1.08. The highest BCUT2D eigenvalue weighted by atomic mass is 16.6. The molecule has 0 saturated carbocycles. The number of aliphatic carboxylic acids is 1. The zero-order valence-electron chi connectivity index (χ0n) is 8.47. The number of carboxylic acid groups (broad SMARTS) is 1. The first-order valence-corrected chi connectivity index (χ1v) is 4.81. The van der Waals surface area contributed by atoms with Gasteiger partial charge in [-0.1, -0.05) is 0 Å². The summed E-state index contributed by atoms with van der Waals surface area (Å²) in [5.74, 6) is 0.379. The van der Waals surface area contributed by atoms with Crippen molar-refractivity contribution in [1.29, 1.82) is 0 Å². The Labute approximate surface area is 92.3 Å². The van der Waals surface area contributed by atoms with Gasteiger partial charge in [0.25, 0.3) is 0 Å². The van der Waals surface area contributed by atoms with Gasteiger partial charge in [-0.2, -0.15) is 0 Å². The largest absolute Gasteiger partial charge is 0.486 e. The fourth-order valence-electron chi connectivity index (χ4n) is 1.34. The normalized spacial score (nSPS) is 13.8. The van der Waals surface area contributed by atoms with Gasteiger partial charge in [0.1, 0.15) is 13.2 Å². The molecule has 5 heteroatoms. The van der Waals surface area contributed by atoms with E-state index in [1.165, 1.54) is 6.20 Å². The van der Waals surface area contributed by atoms with E-state index in [4.69, 9.17) is 14.6 Å². The summed E-state index contributed by atoms with van der Waals surface area (Å²) in [4.78, 5) is 10.3. The van der Waals surface area contributed by atoms with Crippen LogP contribution >= 0.6 is 0 Å². The minimum absolute atomic E-state index is 0.529. The molecule has 2 rings (SSSR count). The van der Waals surface area contributed by atoms with Gasteiger partial charge in [-0.25, -0.2) is 4.79 Å². The quantitative estimate of drug-likeness (QED) is 0.756. The van der Waals surface area contributed by atoms with Crippen molar-refractivity contribution in [2.45, 2.75) is 0 Å². The standard InChI is InChI=1S/C11H11NO4/c13-11(14)3-4-12-8-1-2-9-10(7-8)16-6-5-15-9/h1-4,7,12H,5-6H2,(H,13,14)/b4-3+. The second-order valence-electron chi connectivity index (χ2n) is 3.17. The summed E-state index contributed by atoms with van der Waals surface area (Å²) in [6.07, 6.45) is 2.38. The lowest BCUT2D eigenvalue weighted by Crippen LogP contribution is -2.15. The van der Waals surface area contributed by atoms with Crippen molar-refractivity contribution >= 4 is 11.7 Å². The van der Waals surface area contributed by atoms with E-state index < -0.39 is 5.97 Å². The molecule has 1 aromatic rings. The van der Waals surface area contributed by atoms with E-state index in [-0.39, 0.29) is 0 Å². The van der Waals surface area contributed by atoms with Crippen LogP contribution in [0.15, 0.2) is 30.5 Å². The van der Waals surface area contributed by atoms with E-state index in [1.807, 2.05) is 0 Å². The smallest absolute Gasteiger partial charge is 0.329 e. The summed E-state index contributed by atoms with van der Waals surface area (Å²) in [5.41, 5.74) is 0.752. The number of anilines is 1. The van der Waals surface area contributed by atoms with Crippen LogP contribution in [0.3, 0.4) is 0 Å². The molecule has 1 aliphatic rings. The van der Waals surface area contributed by atoms with Crippen molar-refractivity contribution in [3.63, 3.8) is 0 Å². The fraction of sp³-hybridized carbons (Fsp3) is 0.182. The summed E-state index contributed by atoms with van der Waals surface area (Å²) in [6, 6.07) is 5.34. The summed E-state index contributed by atoms with van der Waals surface area (Å²) in [5, 5.41) is 11.2. The van der Waals surface area contributed by atoms with Gasteiger partial charge >= 0.3 is 5.97 Å². The number of hydrogen-bond acceptors (Lipinski definition) is 4. The maximum Gasteiger partial charge on any atom is 0.329 e. The number of nitrogens with one attached hydrogen (secondary N) is 1. The number of fused-ring (bicyclic) bond motifs is 1. The highest BCUT2D eigenvalue weighted by Gasteiger charge is 2.10. The van der Waals surface area contributed by atoms with E-state index >= 15 is 0 Å². The molecule has 0 amide bonds.